The fourth-order valence-corrected chi connectivity index (χ4v) is 4.26. The van der Waals surface area contributed by atoms with Gasteiger partial charge in [0.05, 0.1) is 0 Å². The molecule has 1 unspecified atom stereocenters. The highest BCUT2D eigenvalue weighted by atomic mass is 32.2. The van der Waals surface area contributed by atoms with Crippen LogP contribution in [0.4, 0.5) is 0 Å². The van der Waals surface area contributed by atoms with Gasteiger partial charge in [0, 0.05) is 25.7 Å². The molecule has 1 heterocycles. The summed E-state index contributed by atoms with van der Waals surface area (Å²) in [7, 11) is 1.95. The number of likely N-dealkylation sites (N-methyl/N-ethyl adjacent to an activating group) is 1. The predicted octanol–water partition coefficient (Wildman–Crippen LogP) is 4.49. The molecule has 1 atom stereocenters. The molecule has 0 aliphatic rings. The Kier molecular flexibility index (Phi) is 6.52. The van der Waals surface area contributed by atoms with Gasteiger partial charge in [0.15, 0.2) is 11.0 Å². The van der Waals surface area contributed by atoms with Gasteiger partial charge in [-0.3, -0.25) is 4.79 Å². The molecule has 1 aromatic heterocycles. The first-order valence-corrected chi connectivity index (χ1v) is 10.4. The van der Waals surface area contributed by atoms with E-state index in [2.05, 4.69) is 23.2 Å². The number of aromatic nitrogens is 3. The number of amides is 1. The smallest absolute Gasteiger partial charge is 0.240 e. The average Bonchev–Trinajstić information content (AvgIpc) is 3.08. The lowest BCUT2D eigenvalue weighted by molar-refractivity contribution is -0.130. The number of rotatable bonds is 7. The molecule has 0 radical (unpaired) electrons. The SMILES string of the molecule is CCN(CC)C(=O)C(Sc1nnc(-c2ccccc2C)n1C)c1ccccc1. The van der Waals surface area contributed by atoms with Crippen molar-refractivity contribution >= 4 is 17.7 Å². The lowest BCUT2D eigenvalue weighted by Crippen LogP contribution is -2.34. The molecule has 2 aromatic carbocycles. The molecule has 0 saturated carbocycles. The number of hydrogen-bond donors (Lipinski definition) is 0. The third-order valence-corrected chi connectivity index (χ3v) is 6.12. The molecule has 1 amide bonds. The standard InChI is InChI=1S/C22H26N4OS/c1-5-26(6-2)21(27)19(17-13-8-7-9-14-17)28-22-24-23-20(25(22)4)18-15-11-10-12-16(18)3/h7-15,19H,5-6H2,1-4H3. The van der Waals surface area contributed by atoms with Crippen molar-refractivity contribution in [2.75, 3.05) is 13.1 Å². The van der Waals surface area contributed by atoms with Crippen molar-refractivity contribution < 1.29 is 4.79 Å². The van der Waals surface area contributed by atoms with Crippen LogP contribution in [0.2, 0.25) is 0 Å². The van der Waals surface area contributed by atoms with Gasteiger partial charge < -0.3 is 9.47 Å². The van der Waals surface area contributed by atoms with Crippen LogP contribution in [0.25, 0.3) is 11.4 Å². The highest BCUT2D eigenvalue weighted by molar-refractivity contribution is 8.00. The number of hydrogen-bond acceptors (Lipinski definition) is 4. The number of aryl methyl sites for hydroxylation is 1. The second-order valence-electron chi connectivity index (χ2n) is 6.60. The maximum absolute atomic E-state index is 13.2. The number of thioether (sulfide) groups is 1. The Balaban J connectivity index is 1.96. The van der Waals surface area contributed by atoms with Crippen LogP contribution in [-0.2, 0) is 11.8 Å². The van der Waals surface area contributed by atoms with Gasteiger partial charge in [-0.05, 0) is 31.9 Å². The van der Waals surface area contributed by atoms with Gasteiger partial charge in [-0.2, -0.15) is 0 Å². The highest BCUT2D eigenvalue weighted by Gasteiger charge is 2.28. The van der Waals surface area contributed by atoms with Crippen LogP contribution >= 0.6 is 11.8 Å². The number of nitrogens with zero attached hydrogens (tertiary/aromatic N) is 4. The van der Waals surface area contributed by atoms with E-state index in [-0.39, 0.29) is 11.2 Å². The molecule has 146 valence electrons. The zero-order chi connectivity index (χ0) is 20.1. The first kappa shape index (κ1) is 20.1. The minimum absolute atomic E-state index is 0.0987. The molecule has 6 heteroatoms. The van der Waals surface area contributed by atoms with Crippen molar-refractivity contribution in [2.24, 2.45) is 7.05 Å². The van der Waals surface area contributed by atoms with Gasteiger partial charge in [-0.15, -0.1) is 10.2 Å². The first-order valence-electron chi connectivity index (χ1n) is 9.52. The maximum Gasteiger partial charge on any atom is 0.240 e. The van der Waals surface area contributed by atoms with Crippen LogP contribution in [0.5, 0.6) is 0 Å². The van der Waals surface area contributed by atoms with Crippen molar-refractivity contribution in [3.63, 3.8) is 0 Å². The molecule has 28 heavy (non-hydrogen) atoms. The molecule has 0 spiro atoms. The summed E-state index contributed by atoms with van der Waals surface area (Å²) in [6.07, 6.45) is 0. The summed E-state index contributed by atoms with van der Waals surface area (Å²) >= 11 is 1.46. The Hall–Kier alpha value is -2.60. The molecule has 0 bridgehead atoms. The van der Waals surface area contributed by atoms with Crippen LogP contribution in [0.1, 0.15) is 30.2 Å². The largest absolute Gasteiger partial charge is 0.342 e. The second-order valence-corrected chi connectivity index (χ2v) is 7.67. The molecule has 0 aliphatic heterocycles. The summed E-state index contributed by atoms with van der Waals surface area (Å²) in [4.78, 5) is 15.1. The normalized spacial score (nSPS) is 12.0. The van der Waals surface area contributed by atoms with Gasteiger partial charge in [-0.25, -0.2) is 0 Å². The van der Waals surface area contributed by atoms with Crippen molar-refractivity contribution in [3.8, 4) is 11.4 Å². The lowest BCUT2D eigenvalue weighted by atomic mass is 10.1. The fourth-order valence-electron chi connectivity index (χ4n) is 3.17. The van der Waals surface area contributed by atoms with E-state index in [1.807, 2.05) is 78.9 Å². The van der Waals surface area contributed by atoms with Crippen LogP contribution in [0, 0.1) is 6.92 Å². The summed E-state index contributed by atoms with van der Waals surface area (Å²) in [6, 6.07) is 18.0. The van der Waals surface area contributed by atoms with Crippen molar-refractivity contribution in [2.45, 2.75) is 31.2 Å². The molecule has 0 saturated heterocycles. The summed E-state index contributed by atoms with van der Waals surface area (Å²) in [5.74, 6) is 0.907. The van der Waals surface area contributed by atoms with E-state index in [0.29, 0.717) is 13.1 Å². The van der Waals surface area contributed by atoms with Crippen molar-refractivity contribution in [3.05, 3.63) is 65.7 Å². The highest BCUT2D eigenvalue weighted by Crippen LogP contribution is 2.37. The molecule has 5 nitrogen and oxygen atoms in total. The molecule has 3 rings (SSSR count). The first-order chi connectivity index (χ1) is 13.6. The van der Waals surface area contributed by atoms with E-state index in [4.69, 9.17) is 0 Å². The lowest BCUT2D eigenvalue weighted by Gasteiger charge is -2.24. The number of carbonyl (C=O) groups excluding carboxylic acids is 1. The molecule has 0 aliphatic carbocycles. The van der Waals surface area contributed by atoms with Gasteiger partial charge in [-0.1, -0.05) is 66.4 Å². The average molecular weight is 395 g/mol. The number of carbonyl (C=O) groups is 1. The molecule has 0 fully saturated rings. The van der Waals surface area contributed by atoms with E-state index in [0.717, 1.165) is 27.7 Å². The third kappa shape index (κ3) is 4.12. The van der Waals surface area contributed by atoms with Gasteiger partial charge in [0.2, 0.25) is 5.91 Å². The quantitative estimate of drug-likeness (QED) is 0.554. The Morgan fingerprint density at radius 3 is 2.32 bits per heavy atom. The van der Waals surface area contributed by atoms with Crippen LogP contribution in [-0.4, -0.2) is 38.7 Å². The Morgan fingerprint density at radius 1 is 1.04 bits per heavy atom. The second kappa shape index (κ2) is 9.06. The minimum Gasteiger partial charge on any atom is -0.342 e. The topological polar surface area (TPSA) is 51.0 Å². The van der Waals surface area contributed by atoms with E-state index in [1.54, 1.807) is 0 Å². The minimum atomic E-state index is -0.353. The Labute approximate surface area is 170 Å². The third-order valence-electron chi connectivity index (χ3n) is 4.85. The summed E-state index contributed by atoms with van der Waals surface area (Å²) < 4.78 is 1.97. The van der Waals surface area contributed by atoms with E-state index < -0.39 is 0 Å². The van der Waals surface area contributed by atoms with Gasteiger partial charge in [0.25, 0.3) is 0 Å². The van der Waals surface area contributed by atoms with Gasteiger partial charge >= 0.3 is 0 Å². The Morgan fingerprint density at radius 2 is 1.68 bits per heavy atom. The zero-order valence-corrected chi connectivity index (χ0v) is 17.6. The van der Waals surface area contributed by atoms with Gasteiger partial charge in [0.1, 0.15) is 5.25 Å². The summed E-state index contributed by atoms with van der Waals surface area (Å²) in [6.45, 7) is 7.45. The maximum atomic E-state index is 13.2. The summed E-state index contributed by atoms with van der Waals surface area (Å²) in [5, 5.41) is 9.18. The van der Waals surface area contributed by atoms with E-state index in [9.17, 15) is 4.79 Å². The summed E-state index contributed by atoms with van der Waals surface area (Å²) in [5.41, 5.74) is 3.17. The zero-order valence-electron chi connectivity index (χ0n) is 16.8. The van der Waals surface area contributed by atoms with Crippen LogP contribution < -0.4 is 0 Å². The van der Waals surface area contributed by atoms with Crippen molar-refractivity contribution in [1.29, 1.82) is 0 Å². The fraction of sp³-hybridized carbons (Fsp3) is 0.318. The van der Waals surface area contributed by atoms with Crippen LogP contribution in [0.15, 0.2) is 59.8 Å². The van der Waals surface area contributed by atoms with Crippen molar-refractivity contribution in [1.82, 2.24) is 19.7 Å². The monoisotopic (exact) mass is 394 g/mol. The van der Waals surface area contributed by atoms with E-state index >= 15 is 0 Å². The molecular formula is C22H26N4OS. The molecule has 3 aromatic rings. The number of benzene rings is 2. The molecular weight excluding hydrogens is 368 g/mol. The molecule has 0 N–H and O–H groups in total. The van der Waals surface area contributed by atoms with Crippen LogP contribution in [0.3, 0.4) is 0 Å². The predicted molar refractivity (Wildman–Crippen MR) is 114 cm³/mol. The van der Waals surface area contributed by atoms with E-state index in [1.165, 1.54) is 11.8 Å². The Bertz CT molecular complexity index is 935.